The molecule has 3 unspecified atom stereocenters. The van der Waals surface area contributed by atoms with Crippen molar-refractivity contribution < 1.29 is 46.8 Å². The number of carbonyl (C=O) groups is 2. The number of quaternary nitrogens is 1. The molecular formula is C49H89NO9P+. The Kier molecular flexibility index (Phi) is 34.9. The summed E-state index contributed by atoms with van der Waals surface area (Å²) in [6.45, 7) is 4.33. The van der Waals surface area contributed by atoms with E-state index in [-0.39, 0.29) is 32.0 Å². The predicted octanol–water partition coefficient (Wildman–Crippen LogP) is 12.8. The topological polar surface area (TPSA) is 121 Å². The first-order valence-corrected chi connectivity index (χ1v) is 25.5. The SMILES string of the molecule is CCCCCC/C=C\C/C=C\C/C=C\CCCCCCCCC(=O)OC[C@H](COP(=O)(O)OCC[N+](C)(C)C)OC(=O)CCCCCCC/C=C\CC1OC1CCCCC. The standard InChI is InChI=1S/C49H88NO9P/c1-6-8-10-11-12-13-14-15-16-17-18-19-20-21-22-23-24-28-31-35-39-48(51)55-43-45(44-57-60(53,54)56-42-41-50(3,4)5)58-49(52)40-36-32-29-26-25-27-30-34-38-47-46(59-47)37-33-9-7-2/h13-14,16-17,19-20,30,34,45-47H,6-12,15,18,21-29,31-33,35-44H2,1-5H3/p+1/b14-13-,17-16-,20-19-,34-30-/t45-,46?,47?/m1/s1. The molecule has 0 aliphatic carbocycles. The molecule has 0 radical (unpaired) electrons. The molecule has 1 N–H and O–H groups in total. The molecule has 4 atom stereocenters. The molecular weight excluding hydrogens is 778 g/mol. The molecule has 0 bridgehead atoms. The van der Waals surface area contributed by atoms with E-state index in [0.29, 0.717) is 29.7 Å². The number of rotatable bonds is 42. The van der Waals surface area contributed by atoms with Gasteiger partial charge in [0.2, 0.25) is 0 Å². The van der Waals surface area contributed by atoms with Gasteiger partial charge in [-0.15, -0.1) is 0 Å². The van der Waals surface area contributed by atoms with E-state index in [1.807, 2.05) is 21.1 Å². The Bertz CT molecular complexity index is 1230. The number of esters is 2. The molecule has 0 aromatic carbocycles. The average Bonchev–Trinajstić information content (AvgIpc) is 3.96. The van der Waals surface area contributed by atoms with Crippen LogP contribution in [0.3, 0.4) is 0 Å². The van der Waals surface area contributed by atoms with Crippen molar-refractivity contribution in [2.24, 2.45) is 0 Å². The van der Waals surface area contributed by atoms with Crippen LogP contribution in [0, 0.1) is 0 Å². The maximum absolute atomic E-state index is 12.7. The van der Waals surface area contributed by atoms with Gasteiger partial charge in [0.15, 0.2) is 6.10 Å². The van der Waals surface area contributed by atoms with E-state index in [9.17, 15) is 19.0 Å². The van der Waals surface area contributed by atoms with E-state index in [4.69, 9.17) is 23.3 Å². The lowest BCUT2D eigenvalue weighted by molar-refractivity contribution is -0.870. The van der Waals surface area contributed by atoms with E-state index >= 15 is 0 Å². The van der Waals surface area contributed by atoms with Crippen molar-refractivity contribution in [3.05, 3.63) is 48.6 Å². The van der Waals surface area contributed by atoms with Crippen LogP contribution < -0.4 is 0 Å². The maximum atomic E-state index is 12.7. The smallest absolute Gasteiger partial charge is 0.462 e. The van der Waals surface area contributed by atoms with Gasteiger partial charge in [0.1, 0.15) is 19.8 Å². The van der Waals surface area contributed by atoms with Crippen molar-refractivity contribution in [2.45, 2.75) is 206 Å². The lowest BCUT2D eigenvalue weighted by Gasteiger charge is -2.24. The Balaban J connectivity index is 2.26. The lowest BCUT2D eigenvalue weighted by Crippen LogP contribution is -2.37. The number of hydrogen-bond acceptors (Lipinski definition) is 8. The summed E-state index contributed by atoms with van der Waals surface area (Å²) in [5.41, 5.74) is 0. The number of ether oxygens (including phenoxy) is 3. The number of allylic oxidation sites excluding steroid dienone is 7. The summed E-state index contributed by atoms with van der Waals surface area (Å²) >= 11 is 0. The van der Waals surface area contributed by atoms with Gasteiger partial charge in [-0.3, -0.25) is 18.6 Å². The van der Waals surface area contributed by atoms with Crippen LogP contribution in [-0.4, -0.2) is 87.1 Å². The summed E-state index contributed by atoms with van der Waals surface area (Å²) in [4.78, 5) is 35.5. The third-order valence-electron chi connectivity index (χ3n) is 10.5. The molecule has 0 saturated carbocycles. The van der Waals surface area contributed by atoms with Gasteiger partial charge < -0.3 is 23.6 Å². The molecule has 0 spiro atoms. The van der Waals surface area contributed by atoms with Crippen LogP contribution in [0.1, 0.15) is 187 Å². The van der Waals surface area contributed by atoms with Crippen molar-refractivity contribution in [1.29, 1.82) is 0 Å². The number of likely N-dealkylation sites (N-methyl/N-ethyl adjacent to an activating group) is 1. The molecule has 0 aromatic heterocycles. The molecule has 1 fully saturated rings. The fraction of sp³-hybridized carbons (Fsp3) is 0.796. The van der Waals surface area contributed by atoms with E-state index in [1.54, 1.807) is 0 Å². The number of phosphoric acid groups is 1. The minimum atomic E-state index is -4.39. The van der Waals surface area contributed by atoms with E-state index < -0.39 is 26.5 Å². The molecule has 11 heteroatoms. The molecule has 1 saturated heterocycles. The normalized spacial score (nSPS) is 17.3. The summed E-state index contributed by atoms with van der Waals surface area (Å²) in [5, 5.41) is 0. The summed E-state index contributed by atoms with van der Waals surface area (Å²) in [6, 6.07) is 0. The summed E-state index contributed by atoms with van der Waals surface area (Å²) in [5.74, 6) is -0.835. The van der Waals surface area contributed by atoms with Crippen molar-refractivity contribution >= 4 is 19.8 Å². The molecule has 0 amide bonds. The van der Waals surface area contributed by atoms with Crippen molar-refractivity contribution in [3.8, 4) is 0 Å². The van der Waals surface area contributed by atoms with Crippen molar-refractivity contribution in [1.82, 2.24) is 0 Å². The highest BCUT2D eigenvalue weighted by Crippen LogP contribution is 2.43. The molecule has 10 nitrogen and oxygen atoms in total. The van der Waals surface area contributed by atoms with Gasteiger partial charge in [0, 0.05) is 12.8 Å². The van der Waals surface area contributed by atoms with Crippen molar-refractivity contribution in [2.75, 3.05) is 47.5 Å². The highest BCUT2D eigenvalue weighted by atomic mass is 31.2. The number of hydrogen-bond donors (Lipinski definition) is 1. The summed E-state index contributed by atoms with van der Waals surface area (Å²) < 4.78 is 40.1. The number of carbonyl (C=O) groups excluding carboxylic acids is 2. The fourth-order valence-corrected chi connectivity index (χ4v) is 7.36. The molecule has 1 rings (SSSR count). The molecule has 348 valence electrons. The summed E-state index contributed by atoms with van der Waals surface area (Å²) in [7, 11) is 1.45. The summed E-state index contributed by atoms with van der Waals surface area (Å²) in [6.07, 6.45) is 46.1. The predicted molar refractivity (Wildman–Crippen MR) is 247 cm³/mol. The lowest BCUT2D eigenvalue weighted by atomic mass is 10.1. The zero-order chi connectivity index (χ0) is 44.0. The number of phosphoric ester groups is 1. The van der Waals surface area contributed by atoms with Gasteiger partial charge >= 0.3 is 19.8 Å². The van der Waals surface area contributed by atoms with Gasteiger partial charge in [-0.25, -0.2) is 4.57 Å². The van der Waals surface area contributed by atoms with Crippen LogP contribution in [0.5, 0.6) is 0 Å². The zero-order valence-corrected chi connectivity index (χ0v) is 39.8. The molecule has 1 aliphatic rings. The Labute approximate surface area is 367 Å². The first-order valence-electron chi connectivity index (χ1n) is 24.0. The second-order valence-corrected chi connectivity index (χ2v) is 19.0. The van der Waals surface area contributed by atoms with Crippen LogP contribution >= 0.6 is 7.82 Å². The monoisotopic (exact) mass is 867 g/mol. The van der Waals surface area contributed by atoms with Gasteiger partial charge in [-0.2, -0.15) is 0 Å². The first-order chi connectivity index (χ1) is 29.0. The largest absolute Gasteiger partial charge is 0.472 e. The Morgan fingerprint density at radius 2 is 1.12 bits per heavy atom. The van der Waals surface area contributed by atoms with E-state index in [0.717, 1.165) is 83.5 Å². The van der Waals surface area contributed by atoms with Crippen LogP contribution in [0.15, 0.2) is 48.6 Å². The average molecular weight is 867 g/mol. The van der Waals surface area contributed by atoms with Gasteiger partial charge in [-0.1, -0.05) is 146 Å². The van der Waals surface area contributed by atoms with E-state index in [2.05, 4.69) is 62.5 Å². The Hall–Kier alpha value is -2.07. The highest BCUT2D eigenvalue weighted by molar-refractivity contribution is 7.47. The minimum absolute atomic E-state index is 0.0225. The Morgan fingerprint density at radius 1 is 0.617 bits per heavy atom. The van der Waals surface area contributed by atoms with Gasteiger partial charge in [-0.05, 0) is 77.0 Å². The van der Waals surface area contributed by atoms with Gasteiger partial charge in [0.05, 0.1) is 40.0 Å². The highest BCUT2D eigenvalue weighted by Gasteiger charge is 2.36. The molecule has 1 heterocycles. The quantitative estimate of drug-likeness (QED) is 0.0160. The minimum Gasteiger partial charge on any atom is -0.462 e. The second-order valence-electron chi connectivity index (χ2n) is 17.5. The van der Waals surface area contributed by atoms with Crippen LogP contribution in [0.4, 0.5) is 0 Å². The van der Waals surface area contributed by atoms with Crippen LogP contribution in [0.25, 0.3) is 0 Å². The molecule has 60 heavy (non-hydrogen) atoms. The zero-order valence-electron chi connectivity index (χ0n) is 38.9. The number of epoxide rings is 1. The third kappa shape index (κ3) is 37.7. The third-order valence-corrected chi connectivity index (χ3v) is 11.5. The first kappa shape index (κ1) is 55.9. The second kappa shape index (κ2) is 37.5. The Morgan fingerprint density at radius 3 is 1.70 bits per heavy atom. The fourth-order valence-electron chi connectivity index (χ4n) is 6.62. The van der Waals surface area contributed by atoms with Crippen LogP contribution in [-0.2, 0) is 37.4 Å². The molecule has 1 aliphatic heterocycles. The number of nitrogens with zero attached hydrogens (tertiary/aromatic N) is 1. The van der Waals surface area contributed by atoms with Crippen LogP contribution in [0.2, 0.25) is 0 Å². The van der Waals surface area contributed by atoms with Crippen molar-refractivity contribution in [3.63, 3.8) is 0 Å². The molecule has 0 aromatic rings. The van der Waals surface area contributed by atoms with E-state index in [1.165, 1.54) is 70.6 Å². The maximum Gasteiger partial charge on any atom is 0.472 e. The number of unbranched alkanes of at least 4 members (excludes halogenated alkanes) is 17. The van der Waals surface area contributed by atoms with Gasteiger partial charge in [0.25, 0.3) is 0 Å².